The lowest BCUT2D eigenvalue weighted by Gasteiger charge is -2.12. The molecule has 1 aliphatic heterocycles. The smallest absolute Gasteiger partial charge is 0.138 e. The van der Waals surface area contributed by atoms with Crippen molar-refractivity contribution in [1.82, 2.24) is 5.32 Å². The van der Waals surface area contributed by atoms with Gasteiger partial charge in [-0.15, -0.1) is 0 Å². The van der Waals surface area contributed by atoms with Crippen LogP contribution in [-0.2, 0) is 6.61 Å². The average molecular weight is 288 g/mol. The normalized spacial score (nSPS) is 18.1. The minimum absolute atomic E-state index is 0.547. The van der Waals surface area contributed by atoms with Crippen LogP contribution in [0.15, 0.2) is 48.5 Å². The fourth-order valence-electron chi connectivity index (χ4n) is 2.56. The van der Waals surface area contributed by atoms with Crippen LogP contribution in [0.5, 0.6) is 5.75 Å². The van der Waals surface area contributed by atoms with Crippen molar-refractivity contribution in [3.05, 3.63) is 64.7 Å². The largest absolute Gasteiger partial charge is 0.487 e. The maximum atomic E-state index is 6.33. The summed E-state index contributed by atoms with van der Waals surface area (Å²) in [6, 6.07) is 16.3. The molecule has 3 rings (SSSR count). The highest BCUT2D eigenvalue weighted by atomic mass is 35.5. The Morgan fingerprint density at radius 3 is 2.70 bits per heavy atom. The summed E-state index contributed by atoms with van der Waals surface area (Å²) in [6.45, 7) is 2.68. The summed E-state index contributed by atoms with van der Waals surface area (Å²) in [5, 5.41) is 4.08. The van der Waals surface area contributed by atoms with Crippen molar-refractivity contribution >= 4 is 11.6 Å². The van der Waals surface area contributed by atoms with Gasteiger partial charge in [-0.1, -0.05) is 48.0 Å². The Kier molecular flexibility index (Phi) is 4.24. The fourth-order valence-corrected chi connectivity index (χ4v) is 2.81. The van der Waals surface area contributed by atoms with E-state index < -0.39 is 0 Å². The highest BCUT2D eigenvalue weighted by Crippen LogP contribution is 2.31. The zero-order chi connectivity index (χ0) is 13.8. The first kappa shape index (κ1) is 13.5. The molecule has 0 bridgehead atoms. The van der Waals surface area contributed by atoms with Gasteiger partial charge in [0.15, 0.2) is 0 Å². The Hall–Kier alpha value is -1.51. The third-order valence-corrected chi connectivity index (χ3v) is 4.02. The summed E-state index contributed by atoms with van der Waals surface area (Å²) >= 11 is 6.33. The molecule has 104 valence electrons. The van der Waals surface area contributed by atoms with Crippen LogP contribution in [0.25, 0.3) is 0 Å². The quantitative estimate of drug-likeness (QED) is 0.918. The lowest BCUT2D eigenvalue weighted by atomic mass is 9.98. The Morgan fingerprint density at radius 2 is 2.00 bits per heavy atom. The number of ether oxygens (including phenoxy) is 1. The van der Waals surface area contributed by atoms with E-state index in [4.69, 9.17) is 16.3 Å². The van der Waals surface area contributed by atoms with Gasteiger partial charge in [0, 0.05) is 6.54 Å². The number of hydrogen-bond donors (Lipinski definition) is 1. The molecule has 1 fully saturated rings. The van der Waals surface area contributed by atoms with Crippen LogP contribution >= 0.6 is 11.6 Å². The van der Waals surface area contributed by atoms with Crippen LogP contribution in [0.1, 0.15) is 23.5 Å². The summed E-state index contributed by atoms with van der Waals surface area (Å²) in [5.74, 6) is 1.33. The molecule has 2 aromatic rings. The van der Waals surface area contributed by atoms with Gasteiger partial charge in [-0.2, -0.15) is 0 Å². The Balaban J connectivity index is 1.68. The third kappa shape index (κ3) is 3.14. The summed E-state index contributed by atoms with van der Waals surface area (Å²) in [6.07, 6.45) is 1.18. The lowest BCUT2D eigenvalue weighted by molar-refractivity contribution is 0.306. The topological polar surface area (TPSA) is 21.3 Å². The number of benzene rings is 2. The molecule has 2 nitrogen and oxygen atoms in total. The van der Waals surface area contributed by atoms with Gasteiger partial charge in [-0.25, -0.2) is 0 Å². The molecule has 0 radical (unpaired) electrons. The highest BCUT2D eigenvalue weighted by molar-refractivity contribution is 6.32. The molecular weight excluding hydrogens is 270 g/mol. The first-order valence-electron chi connectivity index (χ1n) is 7.00. The molecule has 1 saturated heterocycles. The van der Waals surface area contributed by atoms with E-state index in [9.17, 15) is 0 Å². The van der Waals surface area contributed by atoms with Crippen LogP contribution < -0.4 is 10.1 Å². The second kappa shape index (κ2) is 6.29. The summed E-state index contributed by atoms with van der Waals surface area (Å²) < 4.78 is 5.79. The molecule has 0 amide bonds. The van der Waals surface area contributed by atoms with Crippen LogP contribution in [0.3, 0.4) is 0 Å². The van der Waals surface area contributed by atoms with E-state index in [2.05, 4.69) is 11.4 Å². The minimum atomic E-state index is 0.547. The van der Waals surface area contributed by atoms with Gasteiger partial charge in [0.2, 0.25) is 0 Å². The Morgan fingerprint density at radius 1 is 1.15 bits per heavy atom. The predicted molar refractivity (Wildman–Crippen MR) is 82.5 cm³/mol. The van der Waals surface area contributed by atoms with Crippen LogP contribution in [0.4, 0.5) is 0 Å². The Labute approximate surface area is 124 Å². The SMILES string of the molecule is Clc1cc(C2CCNC2)ccc1OCc1ccccc1. The van der Waals surface area contributed by atoms with Crippen LogP contribution in [0, 0.1) is 0 Å². The van der Waals surface area contributed by atoms with Crippen molar-refractivity contribution in [3.8, 4) is 5.75 Å². The van der Waals surface area contributed by atoms with E-state index in [1.165, 1.54) is 12.0 Å². The van der Waals surface area contributed by atoms with Crippen molar-refractivity contribution in [1.29, 1.82) is 0 Å². The third-order valence-electron chi connectivity index (χ3n) is 3.72. The molecule has 0 spiro atoms. The van der Waals surface area contributed by atoms with E-state index in [0.717, 1.165) is 24.4 Å². The molecule has 1 heterocycles. The van der Waals surface area contributed by atoms with Crippen molar-refractivity contribution in [2.75, 3.05) is 13.1 Å². The summed E-state index contributed by atoms with van der Waals surface area (Å²) in [4.78, 5) is 0. The van der Waals surface area contributed by atoms with Gasteiger partial charge in [0.05, 0.1) is 5.02 Å². The summed E-state index contributed by atoms with van der Waals surface area (Å²) in [5.41, 5.74) is 2.44. The highest BCUT2D eigenvalue weighted by Gasteiger charge is 2.17. The first-order valence-corrected chi connectivity index (χ1v) is 7.37. The van der Waals surface area contributed by atoms with Crippen molar-refractivity contribution in [3.63, 3.8) is 0 Å². The maximum Gasteiger partial charge on any atom is 0.138 e. The molecule has 1 atom stereocenters. The lowest BCUT2D eigenvalue weighted by Crippen LogP contribution is -2.08. The van der Waals surface area contributed by atoms with E-state index in [-0.39, 0.29) is 0 Å². The van der Waals surface area contributed by atoms with E-state index in [1.807, 2.05) is 42.5 Å². The number of hydrogen-bond acceptors (Lipinski definition) is 2. The molecule has 3 heteroatoms. The van der Waals surface area contributed by atoms with Gasteiger partial charge in [0.1, 0.15) is 12.4 Å². The standard InChI is InChI=1S/C17H18ClNO/c18-16-10-14(15-8-9-19-11-15)6-7-17(16)20-12-13-4-2-1-3-5-13/h1-7,10,15,19H,8-9,11-12H2. The maximum absolute atomic E-state index is 6.33. The molecule has 0 aromatic heterocycles. The van der Waals surface area contributed by atoms with Crippen molar-refractivity contribution in [2.45, 2.75) is 18.9 Å². The average Bonchev–Trinajstić information content (AvgIpc) is 3.01. The molecule has 1 N–H and O–H groups in total. The van der Waals surface area contributed by atoms with Gasteiger partial charge in [0.25, 0.3) is 0 Å². The van der Waals surface area contributed by atoms with E-state index >= 15 is 0 Å². The fraction of sp³-hybridized carbons (Fsp3) is 0.294. The number of halogens is 1. The summed E-state index contributed by atoms with van der Waals surface area (Å²) in [7, 11) is 0. The van der Waals surface area contributed by atoms with Crippen molar-refractivity contribution < 1.29 is 4.74 Å². The van der Waals surface area contributed by atoms with Gasteiger partial charge < -0.3 is 10.1 Å². The number of rotatable bonds is 4. The molecular formula is C17H18ClNO. The zero-order valence-electron chi connectivity index (χ0n) is 11.3. The molecule has 1 unspecified atom stereocenters. The second-order valence-corrected chi connectivity index (χ2v) is 5.56. The molecule has 20 heavy (non-hydrogen) atoms. The van der Waals surface area contributed by atoms with Gasteiger partial charge in [-0.3, -0.25) is 0 Å². The van der Waals surface area contributed by atoms with Crippen molar-refractivity contribution in [2.24, 2.45) is 0 Å². The molecule has 1 aliphatic rings. The minimum Gasteiger partial charge on any atom is -0.487 e. The molecule has 0 saturated carbocycles. The Bertz CT molecular complexity index is 564. The van der Waals surface area contributed by atoms with Gasteiger partial charge >= 0.3 is 0 Å². The van der Waals surface area contributed by atoms with Crippen LogP contribution in [-0.4, -0.2) is 13.1 Å². The van der Waals surface area contributed by atoms with Gasteiger partial charge in [-0.05, 0) is 42.1 Å². The zero-order valence-corrected chi connectivity index (χ0v) is 12.1. The number of nitrogens with one attached hydrogen (secondary N) is 1. The van der Waals surface area contributed by atoms with E-state index in [0.29, 0.717) is 17.5 Å². The second-order valence-electron chi connectivity index (χ2n) is 5.15. The monoisotopic (exact) mass is 287 g/mol. The predicted octanol–water partition coefficient (Wildman–Crippen LogP) is 4.00. The first-order chi connectivity index (χ1) is 9.83. The molecule has 0 aliphatic carbocycles. The molecule has 2 aromatic carbocycles. The van der Waals surface area contributed by atoms with E-state index in [1.54, 1.807) is 0 Å². The van der Waals surface area contributed by atoms with Crippen LogP contribution in [0.2, 0.25) is 5.02 Å².